The molecule has 2 aromatic carbocycles. The number of para-hydroxylation sites is 1. The average molecular weight is 534 g/mol. The van der Waals surface area contributed by atoms with E-state index in [1.54, 1.807) is 30.0 Å². The molecule has 0 aromatic heterocycles. The zero-order valence-electron chi connectivity index (χ0n) is 21.8. The van der Waals surface area contributed by atoms with Crippen molar-refractivity contribution in [3.8, 4) is 5.75 Å². The largest absolute Gasteiger partial charge is 0.486 e. The summed E-state index contributed by atoms with van der Waals surface area (Å²) in [5.74, 6) is -0.288. The normalized spacial score (nSPS) is 20.8. The fraction of sp³-hybridized carbons (Fsp3) is 0.500. The van der Waals surface area contributed by atoms with Crippen LogP contribution in [0.15, 0.2) is 42.5 Å². The van der Waals surface area contributed by atoms with E-state index in [1.807, 2.05) is 18.9 Å². The molecule has 1 aliphatic carbocycles. The second kappa shape index (κ2) is 11.3. The fourth-order valence-corrected chi connectivity index (χ4v) is 4.62. The summed E-state index contributed by atoms with van der Waals surface area (Å²) in [6.45, 7) is 4.69. The van der Waals surface area contributed by atoms with Gasteiger partial charge in [-0.2, -0.15) is 13.2 Å². The highest BCUT2D eigenvalue weighted by molar-refractivity contribution is 6.02. The number of benzene rings is 2. The van der Waals surface area contributed by atoms with Gasteiger partial charge in [0.15, 0.2) is 5.75 Å². The molecule has 7 nitrogen and oxygen atoms in total. The molecule has 0 spiro atoms. The first kappa shape index (κ1) is 27.9. The number of amides is 2. The molecule has 1 saturated carbocycles. The van der Waals surface area contributed by atoms with Gasteiger partial charge in [-0.1, -0.05) is 25.1 Å². The molecule has 0 saturated heterocycles. The maximum Gasteiger partial charge on any atom is 0.416 e. The fourth-order valence-electron chi connectivity index (χ4n) is 4.62. The number of likely N-dealkylation sites (N-methyl/N-ethyl adjacent to an activating group) is 1. The minimum atomic E-state index is -4.39. The number of carbonyl (C=O) groups excluding carboxylic acids is 2. The van der Waals surface area contributed by atoms with Gasteiger partial charge in [-0.15, -0.1) is 0 Å². The van der Waals surface area contributed by atoms with Gasteiger partial charge in [-0.25, -0.2) is 0 Å². The maximum atomic E-state index is 13.5. The van der Waals surface area contributed by atoms with Gasteiger partial charge in [-0.05, 0) is 56.6 Å². The van der Waals surface area contributed by atoms with Crippen molar-refractivity contribution in [3.05, 3.63) is 59.2 Å². The Balaban J connectivity index is 1.59. The number of hydrogen-bond donors (Lipinski definition) is 2. The van der Waals surface area contributed by atoms with Gasteiger partial charge in [0, 0.05) is 31.5 Å². The lowest BCUT2D eigenvalue weighted by atomic mass is 9.98. The topological polar surface area (TPSA) is 82.1 Å². The summed E-state index contributed by atoms with van der Waals surface area (Å²) in [5, 5.41) is 12.7. The summed E-state index contributed by atoms with van der Waals surface area (Å²) >= 11 is 0. The van der Waals surface area contributed by atoms with Crippen molar-refractivity contribution in [1.82, 2.24) is 9.80 Å². The van der Waals surface area contributed by atoms with Crippen molar-refractivity contribution in [2.75, 3.05) is 32.1 Å². The first-order valence-corrected chi connectivity index (χ1v) is 12.8. The molecule has 206 valence electrons. The maximum absolute atomic E-state index is 13.5. The number of hydrogen-bond acceptors (Lipinski definition) is 5. The summed E-state index contributed by atoms with van der Waals surface area (Å²) in [6.07, 6.45) is -3.14. The Labute approximate surface area is 220 Å². The van der Waals surface area contributed by atoms with Gasteiger partial charge in [-0.3, -0.25) is 14.5 Å². The van der Waals surface area contributed by atoms with Crippen LogP contribution in [-0.4, -0.2) is 65.6 Å². The molecule has 2 amide bonds. The third-order valence-corrected chi connectivity index (χ3v) is 7.12. The highest BCUT2D eigenvalue weighted by atomic mass is 19.4. The predicted octanol–water partition coefficient (Wildman–Crippen LogP) is 4.41. The standard InChI is InChI=1S/C28H34F3N3O4/c1-17-13-34(18(2)16-35)27(37)22-5-4-6-23(32-26(36)20-9-10-20)25(22)38-24(17)15-33(3)14-19-7-11-21(12-8-19)28(29,30)31/h4-8,11-12,17-18,20,24,35H,9-10,13-16H2,1-3H3,(H,32,36)/t17-,18-,24-/m1/s1. The number of rotatable bonds is 8. The number of fused-ring (bicyclic) bond motifs is 1. The van der Waals surface area contributed by atoms with Gasteiger partial charge in [0.25, 0.3) is 5.91 Å². The van der Waals surface area contributed by atoms with Crippen molar-refractivity contribution >= 4 is 17.5 Å². The monoisotopic (exact) mass is 533 g/mol. The molecule has 0 radical (unpaired) electrons. The van der Waals surface area contributed by atoms with Gasteiger partial charge in [0.05, 0.1) is 29.5 Å². The van der Waals surface area contributed by atoms with E-state index in [0.29, 0.717) is 36.6 Å². The number of nitrogens with zero attached hydrogens (tertiary/aromatic N) is 2. The molecule has 2 N–H and O–H groups in total. The number of halogens is 3. The van der Waals surface area contributed by atoms with Crippen LogP contribution in [0.3, 0.4) is 0 Å². The minimum Gasteiger partial charge on any atom is -0.486 e. The van der Waals surface area contributed by atoms with Crippen molar-refractivity contribution in [2.45, 2.75) is 51.6 Å². The van der Waals surface area contributed by atoms with E-state index in [4.69, 9.17) is 4.74 Å². The van der Waals surface area contributed by atoms with Crippen LogP contribution in [-0.2, 0) is 17.5 Å². The van der Waals surface area contributed by atoms with Crippen LogP contribution < -0.4 is 10.1 Å². The lowest BCUT2D eigenvalue weighted by Crippen LogP contribution is -2.49. The zero-order chi connectivity index (χ0) is 27.6. The number of aliphatic hydroxyl groups is 1. The predicted molar refractivity (Wildman–Crippen MR) is 137 cm³/mol. The van der Waals surface area contributed by atoms with Crippen molar-refractivity contribution in [1.29, 1.82) is 0 Å². The minimum absolute atomic E-state index is 0.0365. The first-order valence-electron chi connectivity index (χ1n) is 12.8. The number of alkyl halides is 3. The van der Waals surface area contributed by atoms with Crippen molar-refractivity contribution < 1.29 is 32.6 Å². The second-order valence-electron chi connectivity index (χ2n) is 10.5. The van der Waals surface area contributed by atoms with E-state index >= 15 is 0 Å². The number of carbonyl (C=O) groups is 2. The quantitative estimate of drug-likeness (QED) is 0.526. The van der Waals surface area contributed by atoms with E-state index in [1.165, 1.54) is 12.1 Å². The molecule has 4 rings (SSSR count). The van der Waals surface area contributed by atoms with Crippen LogP contribution in [0.4, 0.5) is 18.9 Å². The molecular formula is C28H34F3N3O4. The smallest absolute Gasteiger partial charge is 0.416 e. The number of nitrogens with one attached hydrogen (secondary N) is 1. The molecule has 2 aliphatic rings. The zero-order valence-corrected chi connectivity index (χ0v) is 21.8. The molecule has 38 heavy (non-hydrogen) atoms. The third-order valence-electron chi connectivity index (χ3n) is 7.12. The first-order chi connectivity index (χ1) is 18.0. The summed E-state index contributed by atoms with van der Waals surface area (Å²) in [4.78, 5) is 29.7. The van der Waals surface area contributed by atoms with E-state index in [-0.39, 0.29) is 30.3 Å². The van der Waals surface area contributed by atoms with Crippen molar-refractivity contribution in [2.24, 2.45) is 11.8 Å². The Kier molecular flexibility index (Phi) is 8.32. The summed E-state index contributed by atoms with van der Waals surface area (Å²) in [6, 6.07) is 9.71. The van der Waals surface area contributed by atoms with E-state index in [0.717, 1.165) is 30.5 Å². The van der Waals surface area contributed by atoms with Gasteiger partial charge < -0.3 is 20.1 Å². The summed E-state index contributed by atoms with van der Waals surface area (Å²) in [7, 11) is 1.85. The van der Waals surface area contributed by atoms with Crippen LogP contribution in [0.1, 0.15) is 48.2 Å². The Morgan fingerprint density at radius 1 is 1.21 bits per heavy atom. The summed E-state index contributed by atoms with van der Waals surface area (Å²) in [5.41, 5.74) is 0.763. The molecule has 1 heterocycles. The SMILES string of the molecule is C[C@@H]1CN([C@H](C)CO)C(=O)c2cccc(NC(=O)C3CC3)c2O[C@@H]1CN(C)Cc1ccc(C(F)(F)F)cc1. The molecule has 0 bridgehead atoms. The third kappa shape index (κ3) is 6.47. The summed E-state index contributed by atoms with van der Waals surface area (Å²) < 4.78 is 45.3. The van der Waals surface area contributed by atoms with Crippen LogP contribution in [0, 0.1) is 11.8 Å². The molecule has 2 aromatic rings. The van der Waals surface area contributed by atoms with E-state index in [9.17, 15) is 27.9 Å². The Morgan fingerprint density at radius 3 is 2.50 bits per heavy atom. The Morgan fingerprint density at radius 2 is 1.89 bits per heavy atom. The average Bonchev–Trinajstić information content (AvgIpc) is 3.71. The van der Waals surface area contributed by atoms with Crippen LogP contribution in [0.5, 0.6) is 5.75 Å². The molecule has 0 unspecified atom stereocenters. The van der Waals surface area contributed by atoms with Gasteiger partial charge >= 0.3 is 6.18 Å². The van der Waals surface area contributed by atoms with E-state index in [2.05, 4.69) is 5.32 Å². The van der Waals surface area contributed by atoms with Gasteiger partial charge in [0.2, 0.25) is 5.91 Å². The number of ether oxygens (including phenoxy) is 1. The lowest BCUT2D eigenvalue weighted by molar-refractivity contribution is -0.137. The molecule has 1 fully saturated rings. The van der Waals surface area contributed by atoms with Crippen LogP contribution in [0.25, 0.3) is 0 Å². The lowest BCUT2D eigenvalue weighted by Gasteiger charge is -2.38. The number of anilines is 1. The second-order valence-corrected chi connectivity index (χ2v) is 10.5. The molecular weight excluding hydrogens is 499 g/mol. The van der Waals surface area contributed by atoms with Crippen LogP contribution >= 0.6 is 0 Å². The Hall–Kier alpha value is -3.11. The molecule has 1 aliphatic heterocycles. The van der Waals surface area contributed by atoms with Crippen molar-refractivity contribution in [3.63, 3.8) is 0 Å². The van der Waals surface area contributed by atoms with Gasteiger partial charge in [0.1, 0.15) is 6.10 Å². The Bertz CT molecular complexity index is 1150. The number of aliphatic hydroxyl groups excluding tert-OH is 1. The highest BCUT2D eigenvalue weighted by Crippen LogP contribution is 2.37. The molecule has 10 heteroatoms. The van der Waals surface area contributed by atoms with E-state index < -0.39 is 23.9 Å². The highest BCUT2D eigenvalue weighted by Gasteiger charge is 2.36. The van der Waals surface area contributed by atoms with Crippen LogP contribution in [0.2, 0.25) is 0 Å². The molecule has 3 atom stereocenters.